The number of carbonyl (C=O) groups is 2. The summed E-state index contributed by atoms with van der Waals surface area (Å²) in [6.45, 7) is 0.825. The monoisotopic (exact) mass is 341 g/mol. The highest BCUT2D eigenvalue weighted by Crippen LogP contribution is 2.40. The molecule has 3 atom stereocenters. The molecule has 134 valence electrons. The zero-order valence-corrected chi connectivity index (χ0v) is 14.6. The number of hydrogen-bond donors (Lipinski definition) is 3. The third-order valence-corrected chi connectivity index (χ3v) is 5.92. The van der Waals surface area contributed by atoms with Crippen molar-refractivity contribution in [1.82, 2.24) is 16.2 Å². The summed E-state index contributed by atoms with van der Waals surface area (Å²) >= 11 is 0. The first-order valence-corrected chi connectivity index (χ1v) is 9.61. The Kier molecular flexibility index (Phi) is 4.75. The van der Waals surface area contributed by atoms with Crippen LogP contribution in [0.15, 0.2) is 24.3 Å². The summed E-state index contributed by atoms with van der Waals surface area (Å²) in [6, 6.07) is 8.46. The molecule has 1 aromatic carbocycles. The van der Waals surface area contributed by atoms with Gasteiger partial charge in [0.1, 0.15) is 0 Å². The Morgan fingerprint density at radius 3 is 2.60 bits per heavy atom. The predicted octanol–water partition coefficient (Wildman–Crippen LogP) is 2.24. The Hall–Kier alpha value is -1.88. The first-order chi connectivity index (χ1) is 12.2. The van der Waals surface area contributed by atoms with E-state index in [1.807, 2.05) is 12.1 Å². The van der Waals surface area contributed by atoms with Gasteiger partial charge in [0.2, 0.25) is 11.8 Å². The quantitative estimate of drug-likeness (QED) is 0.769. The van der Waals surface area contributed by atoms with Crippen LogP contribution in [-0.4, -0.2) is 18.4 Å². The van der Waals surface area contributed by atoms with Crippen molar-refractivity contribution in [3.8, 4) is 0 Å². The molecule has 3 N–H and O–H groups in total. The summed E-state index contributed by atoms with van der Waals surface area (Å²) in [5.41, 5.74) is 8.29. The highest BCUT2D eigenvalue weighted by molar-refractivity contribution is 5.80. The Morgan fingerprint density at radius 1 is 1.08 bits per heavy atom. The second-order valence-electron chi connectivity index (χ2n) is 7.83. The topological polar surface area (TPSA) is 70.2 Å². The van der Waals surface area contributed by atoms with Gasteiger partial charge in [-0.1, -0.05) is 37.1 Å². The molecule has 3 aliphatic rings. The number of nitrogens with one attached hydrogen (secondary N) is 3. The van der Waals surface area contributed by atoms with E-state index in [0.717, 1.165) is 31.4 Å². The number of benzene rings is 1. The van der Waals surface area contributed by atoms with E-state index in [2.05, 4.69) is 28.3 Å². The summed E-state index contributed by atoms with van der Waals surface area (Å²) in [4.78, 5) is 24.1. The van der Waals surface area contributed by atoms with Crippen molar-refractivity contribution >= 4 is 11.8 Å². The number of amides is 2. The van der Waals surface area contributed by atoms with Gasteiger partial charge in [0.15, 0.2) is 0 Å². The number of hydrogen-bond acceptors (Lipinski definition) is 3. The molecule has 0 spiro atoms. The highest BCUT2D eigenvalue weighted by Gasteiger charge is 2.40. The molecule has 0 bridgehead atoms. The lowest BCUT2D eigenvalue weighted by molar-refractivity contribution is -0.133. The van der Waals surface area contributed by atoms with E-state index >= 15 is 0 Å². The van der Waals surface area contributed by atoms with Crippen molar-refractivity contribution in [1.29, 1.82) is 0 Å². The van der Waals surface area contributed by atoms with Gasteiger partial charge in [-0.15, -0.1) is 0 Å². The molecule has 25 heavy (non-hydrogen) atoms. The molecule has 0 aromatic heterocycles. The third-order valence-electron chi connectivity index (χ3n) is 5.92. The normalized spacial score (nSPS) is 28.8. The summed E-state index contributed by atoms with van der Waals surface area (Å²) in [5.74, 6) is 1.46. The number of carbonyl (C=O) groups excluding carboxylic acids is 2. The van der Waals surface area contributed by atoms with Crippen LogP contribution in [0.1, 0.15) is 55.7 Å². The fourth-order valence-corrected chi connectivity index (χ4v) is 4.23. The lowest BCUT2D eigenvalue weighted by Gasteiger charge is -2.41. The second kappa shape index (κ2) is 7.16. The summed E-state index contributed by atoms with van der Waals surface area (Å²) in [6.07, 6.45) is 7.38. The van der Waals surface area contributed by atoms with E-state index < -0.39 is 0 Å². The van der Waals surface area contributed by atoms with E-state index in [9.17, 15) is 9.59 Å². The fourth-order valence-electron chi connectivity index (χ4n) is 4.23. The number of fused-ring (bicyclic) bond motifs is 1. The van der Waals surface area contributed by atoms with Gasteiger partial charge in [0.05, 0.1) is 12.5 Å². The lowest BCUT2D eigenvalue weighted by atomic mass is 9.72. The number of hydrazine groups is 1. The average molecular weight is 341 g/mol. The van der Waals surface area contributed by atoms with Crippen molar-refractivity contribution in [2.75, 3.05) is 6.54 Å². The van der Waals surface area contributed by atoms with Gasteiger partial charge in [-0.2, -0.15) is 0 Å². The van der Waals surface area contributed by atoms with Crippen LogP contribution in [-0.2, 0) is 16.0 Å². The minimum Gasteiger partial charge on any atom is -0.356 e. The molecular weight excluding hydrogens is 314 g/mol. The molecule has 5 heteroatoms. The van der Waals surface area contributed by atoms with Crippen LogP contribution in [0, 0.1) is 17.8 Å². The van der Waals surface area contributed by atoms with Gasteiger partial charge in [-0.25, -0.2) is 5.43 Å². The summed E-state index contributed by atoms with van der Waals surface area (Å²) in [7, 11) is 0. The largest absolute Gasteiger partial charge is 0.356 e. The molecule has 1 saturated heterocycles. The maximum absolute atomic E-state index is 12.1. The Bertz CT molecular complexity index is 639. The molecular formula is C20H27N3O2. The van der Waals surface area contributed by atoms with Crippen LogP contribution in [0.4, 0.5) is 0 Å². The van der Waals surface area contributed by atoms with E-state index in [0.29, 0.717) is 18.3 Å². The maximum atomic E-state index is 12.1. The molecule has 1 heterocycles. The molecule has 2 aliphatic carbocycles. The second-order valence-corrected chi connectivity index (χ2v) is 7.83. The lowest BCUT2D eigenvalue weighted by Crippen LogP contribution is -2.55. The van der Waals surface area contributed by atoms with E-state index in [-0.39, 0.29) is 23.8 Å². The van der Waals surface area contributed by atoms with Crippen molar-refractivity contribution in [3.63, 3.8) is 0 Å². The molecule has 2 amide bonds. The van der Waals surface area contributed by atoms with E-state index in [4.69, 9.17) is 0 Å². The van der Waals surface area contributed by atoms with E-state index in [1.165, 1.54) is 24.8 Å². The Morgan fingerprint density at radius 2 is 1.84 bits per heavy atom. The van der Waals surface area contributed by atoms with E-state index in [1.54, 1.807) is 0 Å². The standard InChI is InChI=1S/C20H27N3O2/c24-18(21-12-14-5-6-14)11-13-7-9-15(10-8-13)19-16-3-1-2-4-17(16)20(25)23-22-19/h7-10,14,16-17,19,22H,1-6,11-12H2,(H,21,24)(H,23,25). The Labute approximate surface area is 148 Å². The minimum absolute atomic E-state index is 0.107. The van der Waals surface area contributed by atoms with Gasteiger partial charge < -0.3 is 5.32 Å². The van der Waals surface area contributed by atoms with Crippen LogP contribution in [0.25, 0.3) is 0 Å². The summed E-state index contributed by atoms with van der Waals surface area (Å²) in [5, 5.41) is 3.01. The van der Waals surface area contributed by atoms with Crippen molar-refractivity contribution in [3.05, 3.63) is 35.4 Å². The van der Waals surface area contributed by atoms with Gasteiger partial charge >= 0.3 is 0 Å². The van der Waals surface area contributed by atoms with Gasteiger partial charge in [-0.05, 0) is 48.6 Å². The maximum Gasteiger partial charge on any atom is 0.237 e. The SMILES string of the molecule is O=C(Cc1ccc(C2NNC(=O)C3CCCCC32)cc1)NCC1CC1. The van der Waals surface area contributed by atoms with Crippen LogP contribution in [0.5, 0.6) is 0 Å². The minimum atomic E-state index is 0.107. The first-order valence-electron chi connectivity index (χ1n) is 9.61. The Balaban J connectivity index is 1.39. The molecule has 5 nitrogen and oxygen atoms in total. The van der Waals surface area contributed by atoms with Crippen molar-refractivity contribution in [2.24, 2.45) is 17.8 Å². The van der Waals surface area contributed by atoms with Crippen molar-refractivity contribution < 1.29 is 9.59 Å². The van der Waals surface area contributed by atoms with Crippen LogP contribution in [0.2, 0.25) is 0 Å². The third kappa shape index (κ3) is 3.87. The molecule has 3 unspecified atom stereocenters. The molecule has 4 rings (SSSR count). The zero-order valence-electron chi connectivity index (χ0n) is 14.6. The highest BCUT2D eigenvalue weighted by atomic mass is 16.2. The number of rotatable bonds is 5. The van der Waals surface area contributed by atoms with Crippen LogP contribution < -0.4 is 16.2 Å². The zero-order chi connectivity index (χ0) is 17.2. The van der Waals surface area contributed by atoms with Gasteiger partial charge in [-0.3, -0.25) is 15.0 Å². The smallest absolute Gasteiger partial charge is 0.237 e. The molecule has 2 saturated carbocycles. The average Bonchev–Trinajstić information content (AvgIpc) is 3.46. The fraction of sp³-hybridized carbons (Fsp3) is 0.600. The van der Waals surface area contributed by atoms with Gasteiger partial charge in [0.25, 0.3) is 0 Å². The molecule has 1 aromatic rings. The molecule has 1 aliphatic heterocycles. The van der Waals surface area contributed by atoms with Crippen LogP contribution >= 0.6 is 0 Å². The first kappa shape index (κ1) is 16.6. The molecule has 0 radical (unpaired) electrons. The predicted molar refractivity (Wildman–Crippen MR) is 95.3 cm³/mol. The summed E-state index contributed by atoms with van der Waals surface area (Å²) < 4.78 is 0. The van der Waals surface area contributed by atoms with Crippen molar-refractivity contribution in [2.45, 2.75) is 51.0 Å². The van der Waals surface area contributed by atoms with Crippen LogP contribution in [0.3, 0.4) is 0 Å². The molecule has 3 fully saturated rings. The van der Waals surface area contributed by atoms with Gasteiger partial charge in [0, 0.05) is 12.5 Å².